The topological polar surface area (TPSA) is 35.5 Å². The van der Waals surface area contributed by atoms with Crippen LogP contribution in [0.5, 0.6) is 11.5 Å². The van der Waals surface area contributed by atoms with Gasteiger partial charge >= 0.3 is 12.1 Å². The maximum Gasteiger partial charge on any atom is 0.416 e. The molecule has 3 aromatic rings. The van der Waals surface area contributed by atoms with Crippen LogP contribution in [0.25, 0.3) is 0 Å². The quantitative estimate of drug-likeness (QED) is 0.318. The molecule has 0 aliphatic carbocycles. The Morgan fingerprint density at radius 2 is 1.61 bits per heavy atom. The summed E-state index contributed by atoms with van der Waals surface area (Å²) >= 11 is 0. The van der Waals surface area contributed by atoms with Crippen LogP contribution in [-0.2, 0) is 21.8 Å². The maximum atomic E-state index is 12.9. The van der Waals surface area contributed by atoms with Crippen LogP contribution in [0.4, 0.5) is 13.2 Å². The Kier molecular flexibility index (Phi) is 4.55. The van der Waals surface area contributed by atoms with Crippen LogP contribution < -0.4 is 4.74 Å². The molecule has 1 unspecified atom stereocenters. The van der Waals surface area contributed by atoms with E-state index >= 15 is 0 Å². The smallest absolute Gasteiger partial charge is 0.416 e. The number of esters is 1. The molecule has 0 N–H and O–H groups in total. The summed E-state index contributed by atoms with van der Waals surface area (Å²) in [6.07, 6.45) is -4.39. The number of ether oxygens (including phenoxy) is 2. The molecule has 0 saturated heterocycles. The fourth-order valence-corrected chi connectivity index (χ4v) is 5.16. The standard InChI is InChI=1S/C21H14F3O3S/c1-26-20(25)13-6-11-19-17(12-13)27-16-4-2-3-5-18(16)28(19)15-9-7-14(8-10-15)21(22,23)24/h2-12H,1H3/q+1. The molecule has 1 heterocycles. The molecule has 0 aromatic heterocycles. The first-order chi connectivity index (χ1) is 13.4. The Hall–Kier alpha value is -2.93. The lowest BCUT2D eigenvalue weighted by Gasteiger charge is -2.20. The molecule has 142 valence electrons. The lowest BCUT2D eigenvalue weighted by atomic mass is 10.2. The fourth-order valence-electron chi connectivity index (χ4n) is 2.98. The van der Waals surface area contributed by atoms with E-state index in [1.54, 1.807) is 24.3 Å². The molecule has 3 aromatic carbocycles. The third kappa shape index (κ3) is 3.22. The van der Waals surface area contributed by atoms with Crippen LogP contribution in [0.2, 0.25) is 0 Å². The Bertz CT molecular complexity index is 1050. The van der Waals surface area contributed by atoms with Crippen LogP contribution >= 0.6 is 0 Å². The maximum absolute atomic E-state index is 12.9. The van der Waals surface area contributed by atoms with E-state index in [1.807, 2.05) is 18.2 Å². The molecule has 0 radical (unpaired) electrons. The Labute approximate surface area is 162 Å². The lowest BCUT2D eigenvalue weighted by Crippen LogP contribution is -2.14. The summed E-state index contributed by atoms with van der Waals surface area (Å²) in [5.41, 5.74) is -0.348. The molecule has 1 atom stereocenters. The molecule has 0 amide bonds. The van der Waals surface area contributed by atoms with Crippen molar-refractivity contribution in [3.63, 3.8) is 0 Å². The van der Waals surface area contributed by atoms with E-state index in [1.165, 1.54) is 19.2 Å². The van der Waals surface area contributed by atoms with Gasteiger partial charge in [0.1, 0.15) is 10.9 Å². The largest absolute Gasteiger partial charge is 0.465 e. The normalized spacial score (nSPS) is 15.2. The third-order valence-corrected chi connectivity index (χ3v) is 6.59. The summed E-state index contributed by atoms with van der Waals surface area (Å²) in [5.74, 6) is 0.616. The predicted octanol–water partition coefficient (Wildman–Crippen LogP) is 5.69. The van der Waals surface area contributed by atoms with Crippen molar-refractivity contribution in [2.24, 2.45) is 0 Å². The third-order valence-electron chi connectivity index (χ3n) is 4.29. The van der Waals surface area contributed by atoms with Gasteiger partial charge < -0.3 is 9.47 Å². The van der Waals surface area contributed by atoms with Gasteiger partial charge in [0.05, 0.1) is 18.2 Å². The van der Waals surface area contributed by atoms with Crippen molar-refractivity contribution in [1.82, 2.24) is 0 Å². The molecule has 1 aliphatic rings. The van der Waals surface area contributed by atoms with Crippen molar-refractivity contribution < 1.29 is 27.4 Å². The van der Waals surface area contributed by atoms with E-state index in [9.17, 15) is 18.0 Å². The monoisotopic (exact) mass is 403 g/mol. The van der Waals surface area contributed by atoms with E-state index in [4.69, 9.17) is 9.47 Å². The zero-order valence-corrected chi connectivity index (χ0v) is 15.4. The molecule has 0 spiro atoms. The minimum atomic E-state index is -4.39. The minimum absolute atomic E-state index is 0.344. The Morgan fingerprint density at radius 1 is 0.929 bits per heavy atom. The van der Waals surface area contributed by atoms with Gasteiger partial charge in [-0.3, -0.25) is 0 Å². The average molecular weight is 403 g/mol. The number of carbonyl (C=O) groups is 1. The minimum Gasteiger partial charge on any atom is -0.465 e. The van der Waals surface area contributed by atoms with Gasteiger partial charge in [-0.2, -0.15) is 13.2 Å². The van der Waals surface area contributed by atoms with Crippen molar-refractivity contribution in [2.75, 3.05) is 7.11 Å². The van der Waals surface area contributed by atoms with Crippen molar-refractivity contribution in [2.45, 2.75) is 20.9 Å². The van der Waals surface area contributed by atoms with Gasteiger partial charge in [-0.25, -0.2) is 4.79 Å². The molecular weight excluding hydrogens is 389 g/mol. The average Bonchev–Trinajstić information content (AvgIpc) is 2.70. The number of rotatable bonds is 2. The van der Waals surface area contributed by atoms with Crippen molar-refractivity contribution in [1.29, 1.82) is 0 Å². The van der Waals surface area contributed by atoms with Crippen molar-refractivity contribution in [3.8, 4) is 11.5 Å². The van der Waals surface area contributed by atoms with Crippen molar-refractivity contribution >= 4 is 16.9 Å². The van der Waals surface area contributed by atoms with Crippen LogP contribution in [0.3, 0.4) is 0 Å². The summed E-state index contributed by atoms with van der Waals surface area (Å²) in [7, 11) is 0.635. The molecule has 4 rings (SSSR count). The second-order valence-electron chi connectivity index (χ2n) is 6.03. The van der Waals surface area contributed by atoms with E-state index < -0.39 is 28.6 Å². The highest BCUT2D eigenvalue weighted by Crippen LogP contribution is 2.47. The summed E-state index contributed by atoms with van der Waals surface area (Å²) < 4.78 is 49.5. The number of para-hydroxylation sites is 1. The van der Waals surface area contributed by atoms with Crippen LogP contribution in [0.1, 0.15) is 15.9 Å². The zero-order valence-electron chi connectivity index (χ0n) is 14.6. The summed E-state index contributed by atoms with van der Waals surface area (Å²) in [4.78, 5) is 14.3. The van der Waals surface area contributed by atoms with Gasteiger partial charge in [0.15, 0.2) is 16.4 Å². The van der Waals surface area contributed by atoms with E-state index in [0.717, 1.165) is 26.8 Å². The summed E-state index contributed by atoms with van der Waals surface area (Å²) in [6.45, 7) is 0. The SMILES string of the molecule is COC(=O)c1ccc2c(c1)Oc1ccccc1[S+]2c1ccc(C(F)(F)F)cc1. The zero-order chi connectivity index (χ0) is 19.9. The number of hydrogen-bond acceptors (Lipinski definition) is 3. The van der Waals surface area contributed by atoms with E-state index in [2.05, 4.69) is 0 Å². The van der Waals surface area contributed by atoms with Crippen LogP contribution in [-0.4, -0.2) is 13.1 Å². The molecule has 0 bridgehead atoms. The Balaban J connectivity index is 1.84. The molecule has 1 aliphatic heterocycles. The molecule has 0 saturated carbocycles. The second-order valence-corrected chi connectivity index (χ2v) is 7.99. The van der Waals surface area contributed by atoms with Crippen LogP contribution in [0, 0.1) is 0 Å². The van der Waals surface area contributed by atoms with E-state index in [0.29, 0.717) is 17.1 Å². The number of methoxy groups -OCH3 is 1. The van der Waals surface area contributed by atoms with Crippen LogP contribution in [0.15, 0.2) is 81.4 Å². The highest BCUT2D eigenvalue weighted by atomic mass is 32.2. The first-order valence-electron chi connectivity index (χ1n) is 8.29. The first-order valence-corrected chi connectivity index (χ1v) is 9.52. The number of halogens is 3. The number of fused-ring (bicyclic) bond motifs is 2. The molecule has 0 fully saturated rings. The Morgan fingerprint density at radius 3 is 2.29 bits per heavy atom. The van der Waals surface area contributed by atoms with Gasteiger partial charge in [0.2, 0.25) is 9.79 Å². The van der Waals surface area contributed by atoms with Gasteiger partial charge in [-0.05, 0) is 48.5 Å². The van der Waals surface area contributed by atoms with Gasteiger partial charge in [0.25, 0.3) is 0 Å². The fraction of sp³-hybridized carbons (Fsp3) is 0.0952. The predicted molar refractivity (Wildman–Crippen MR) is 97.9 cm³/mol. The molecule has 3 nitrogen and oxygen atoms in total. The van der Waals surface area contributed by atoms with Gasteiger partial charge in [0, 0.05) is 6.07 Å². The number of alkyl halides is 3. The van der Waals surface area contributed by atoms with E-state index in [-0.39, 0.29) is 0 Å². The highest BCUT2D eigenvalue weighted by Gasteiger charge is 2.40. The van der Waals surface area contributed by atoms with Gasteiger partial charge in [-0.1, -0.05) is 12.1 Å². The van der Waals surface area contributed by atoms with Crippen molar-refractivity contribution in [3.05, 3.63) is 77.9 Å². The molecule has 28 heavy (non-hydrogen) atoms. The van der Waals surface area contributed by atoms with Gasteiger partial charge in [-0.15, -0.1) is 0 Å². The number of carbonyl (C=O) groups excluding carboxylic acids is 1. The number of hydrogen-bond donors (Lipinski definition) is 0. The number of benzene rings is 3. The first kappa shape index (κ1) is 18.4. The molecule has 7 heteroatoms. The second kappa shape index (κ2) is 6.91. The highest BCUT2D eigenvalue weighted by molar-refractivity contribution is 7.97. The summed E-state index contributed by atoms with van der Waals surface area (Å²) in [5, 5.41) is 0. The lowest BCUT2D eigenvalue weighted by molar-refractivity contribution is -0.137. The molecular formula is C21H14F3O3S+. The summed E-state index contributed by atoms with van der Waals surface area (Å²) in [6, 6.07) is 17.5.